The first kappa shape index (κ1) is 11.2. The molecular weight excluding hydrogens is 204 g/mol. The van der Waals surface area contributed by atoms with Crippen LogP contribution in [0.4, 0.5) is 0 Å². The third-order valence-electron chi connectivity index (χ3n) is 2.78. The molecule has 1 aromatic rings. The molecule has 88 valence electrons. The molecule has 1 fully saturated rings. The summed E-state index contributed by atoms with van der Waals surface area (Å²) in [5, 5.41) is 3.45. The molecule has 1 saturated heterocycles. The molecule has 0 bridgehead atoms. The van der Waals surface area contributed by atoms with E-state index in [0.717, 1.165) is 12.3 Å². The van der Waals surface area contributed by atoms with Gasteiger partial charge < -0.3 is 14.8 Å². The molecule has 1 atom stereocenters. The van der Waals surface area contributed by atoms with Crippen molar-refractivity contribution in [2.24, 2.45) is 0 Å². The van der Waals surface area contributed by atoms with Crippen molar-refractivity contribution in [3.8, 4) is 11.6 Å². The first-order valence-electron chi connectivity index (χ1n) is 5.75. The highest BCUT2D eigenvalue weighted by Gasteiger charge is 2.12. The molecule has 2 rings (SSSR count). The number of hydrogen-bond donors (Lipinski definition) is 1. The summed E-state index contributed by atoms with van der Waals surface area (Å²) in [6, 6.07) is 4.14. The molecule has 0 aromatic carbocycles. The molecule has 1 unspecified atom stereocenters. The molecule has 1 aliphatic rings. The van der Waals surface area contributed by atoms with Gasteiger partial charge in [0.15, 0.2) is 0 Å². The number of piperidine rings is 1. The summed E-state index contributed by atoms with van der Waals surface area (Å²) in [5.41, 5.74) is 0. The Labute approximate surface area is 96.0 Å². The Morgan fingerprint density at radius 1 is 1.50 bits per heavy atom. The van der Waals surface area contributed by atoms with Gasteiger partial charge in [-0.3, -0.25) is 0 Å². The number of aromatic nitrogens is 1. The predicted octanol–water partition coefficient (Wildman–Crippen LogP) is 1.61. The van der Waals surface area contributed by atoms with Crippen molar-refractivity contribution in [3.63, 3.8) is 0 Å². The second kappa shape index (κ2) is 5.70. The van der Waals surface area contributed by atoms with Gasteiger partial charge in [0.2, 0.25) is 5.88 Å². The number of pyridine rings is 1. The molecular formula is C12H18N2O2. The smallest absolute Gasteiger partial charge is 0.216 e. The van der Waals surface area contributed by atoms with Crippen molar-refractivity contribution >= 4 is 0 Å². The Morgan fingerprint density at radius 3 is 3.19 bits per heavy atom. The van der Waals surface area contributed by atoms with Crippen molar-refractivity contribution in [2.75, 3.05) is 20.3 Å². The molecule has 1 aromatic heterocycles. The summed E-state index contributed by atoms with van der Waals surface area (Å²) in [7, 11) is 1.61. The fraction of sp³-hybridized carbons (Fsp3) is 0.583. The van der Waals surface area contributed by atoms with Crippen molar-refractivity contribution in [2.45, 2.75) is 25.3 Å². The van der Waals surface area contributed by atoms with Crippen LogP contribution in [0.2, 0.25) is 0 Å². The number of ether oxygens (including phenoxy) is 2. The molecule has 0 spiro atoms. The van der Waals surface area contributed by atoms with Gasteiger partial charge in [-0.05, 0) is 25.5 Å². The Bertz CT molecular complexity index is 325. The number of nitrogens with zero attached hydrogens (tertiary/aromatic N) is 1. The fourth-order valence-electron chi connectivity index (χ4n) is 1.86. The Balaban J connectivity index is 1.83. The van der Waals surface area contributed by atoms with Gasteiger partial charge in [0, 0.05) is 18.3 Å². The van der Waals surface area contributed by atoms with Crippen LogP contribution in [0, 0.1) is 0 Å². The molecule has 16 heavy (non-hydrogen) atoms. The van der Waals surface area contributed by atoms with E-state index in [9.17, 15) is 0 Å². The predicted molar refractivity (Wildman–Crippen MR) is 61.9 cm³/mol. The maximum absolute atomic E-state index is 5.71. The standard InChI is InChI=1S/C12H18N2O2/c1-15-12-8-11(5-7-14-12)16-9-10-4-2-3-6-13-10/h5,7-8,10,13H,2-4,6,9H2,1H3. The molecule has 1 N–H and O–H groups in total. The van der Waals surface area contributed by atoms with E-state index in [1.807, 2.05) is 12.1 Å². The number of methoxy groups -OCH3 is 1. The largest absolute Gasteiger partial charge is 0.492 e. The molecule has 1 aliphatic heterocycles. The van der Waals surface area contributed by atoms with Crippen molar-refractivity contribution in [1.82, 2.24) is 10.3 Å². The third-order valence-corrected chi connectivity index (χ3v) is 2.78. The lowest BCUT2D eigenvalue weighted by molar-refractivity contribution is 0.238. The van der Waals surface area contributed by atoms with E-state index in [4.69, 9.17) is 9.47 Å². The van der Waals surface area contributed by atoms with Crippen LogP contribution in [0.1, 0.15) is 19.3 Å². The van der Waals surface area contributed by atoms with Crippen LogP contribution in [-0.4, -0.2) is 31.3 Å². The van der Waals surface area contributed by atoms with Crippen LogP contribution >= 0.6 is 0 Å². The van der Waals surface area contributed by atoms with Gasteiger partial charge >= 0.3 is 0 Å². The van der Waals surface area contributed by atoms with Gasteiger partial charge in [0.05, 0.1) is 7.11 Å². The minimum absolute atomic E-state index is 0.480. The Hall–Kier alpha value is -1.29. The van der Waals surface area contributed by atoms with Gasteiger partial charge in [0.1, 0.15) is 12.4 Å². The summed E-state index contributed by atoms with van der Waals surface area (Å²) >= 11 is 0. The summed E-state index contributed by atoms with van der Waals surface area (Å²) in [5.74, 6) is 1.41. The lowest BCUT2D eigenvalue weighted by atomic mass is 10.1. The summed E-state index contributed by atoms with van der Waals surface area (Å²) in [4.78, 5) is 4.03. The van der Waals surface area contributed by atoms with Crippen LogP contribution in [0.3, 0.4) is 0 Å². The molecule has 4 nitrogen and oxygen atoms in total. The van der Waals surface area contributed by atoms with Gasteiger partial charge in [-0.15, -0.1) is 0 Å². The van der Waals surface area contributed by atoms with Crippen LogP contribution in [0.15, 0.2) is 18.3 Å². The van der Waals surface area contributed by atoms with Gasteiger partial charge in [-0.2, -0.15) is 0 Å². The SMILES string of the molecule is COc1cc(OCC2CCCCN2)ccn1. The lowest BCUT2D eigenvalue weighted by Gasteiger charge is -2.23. The summed E-state index contributed by atoms with van der Waals surface area (Å²) < 4.78 is 10.7. The molecule has 2 heterocycles. The number of hydrogen-bond acceptors (Lipinski definition) is 4. The van der Waals surface area contributed by atoms with Crippen LogP contribution in [0.5, 0.6) is 11.6 Å². The molecule has 0 amide bonds. The van der Waals surface area contributed by atoms with E-state index < -0.39 is 0 Å². The van der Waals surface area contributed by atoms with E-state index in [-0.39, 0.29) is 0 Å². The van der Waals surface area contributed by atoms with E-state index in [1.54, 1.807) is 13.3 Å². The highest BCUT2D eigenvalue weighted by Crippen LogP contribution is 2.17. The maximum atomic E-state index is 5.71. The zero-order valence-corrected chi connectivity index (χ0v) is 9.61. The fourth-order valence-corrected chi connectivity index (χ4v) is 1.86. The molecule has 0 saturated carbocycles. The van der Waals surface area contributed by atoms with Crippen LogP contribution in [-0.2, 0) is 0 Å². The van der Waals surface area contributed by atoms with Crippen LogP contribution in [0.25, 0.3) is 0 Å². The van der Waals surface area contributed by atoms with E-state index in [2.05, 4.69) is 10.3 Å². The van der Waals surface area contributed by atoms with Gasteiger partial charge in [0.25, 0.3) is 0 Å². The third kappa shape index (κ3) is 3.10. The van der Waals surface area contributed by atoms with Crippen molar-refractivity contribution in [1.29, 1.82) is 0 Å². The van der Waals surface area contributed by atoms with E-state index >= 15 is 0 Å². The molecule has 0 radical (unpaired) electrons. The summed E-state index contributed by atoms with van der Waals surface area (Å²) in [6.07, 6.45) is 5.46. The molecule has 4 heteroatoms. The summed E-state index contributed by atoms with van der Waals surface area (Å²) in [6.45, 7) is 1.82. The second-order valence-electron chi connectivity index (χ2n) is 3.99. The highest BCUT2D eigenvalue weighted by molar-refractivity contribution is 5.26. The van der Waals surface area contributed by atoms with E-state index in [1.165, 1.54) is 19.3 Å². The zero-order chi connectivity index (χ0) is 11.2. The molecule has 0 aliphatic carbocycles. The minimum Gasteiger partial charge on any atom is -0.492 e. The Morgan fingerprint density at radius 2 is 2.44 bits per heavy atom. The van der Waals surface area contributed by atoms with Crippen LogP contribution < -0.4 is 14.8 Å². The quantitative estimate of drug-likeness (QED) is 0.840. The minimum atomic E-state index is 0.480. The average molecular weight is 222 g/mol. The normalized spacial score (nSPS) is 20.4. The second-order valence-corrected chi connectivity index (χ2v) is 3.99. The van der Waals surface area contributed by atoms with Gasteiger partial charge in [-0.25, -0.2) is 4.98 Å². The topological polar surface area (TPSA) is 43.4 Å². The van der Waals surface area contributed by atoms with Crippen molar-refractivity contribution < 1.29 is 9.47 Å². The number of rotatable bonds is 4. The number of nitrogens with one attached hydrogen (secondary N) is 1. The highest BCUT2D eigenvalue weighted by atomic mass is 16.5. The zero-order valence-electron chi connectivity index (χ0n) is 9.61. The van der Waals surface area contributed by atoms with Crippen molar-refractivity contribution in [3.05, 3.63) is 18.3 Å². The first-order valence-corrected chi connectivity index (χ1v) is 5.75. The maximum Gasteiger partial charge on any atom is 0.216 e. The van der Waals surface area contributed by atoms with Gasteiger partial charge in [-0.1, -0.05) is 6.42 Å². The monoisotopic (exact) mass is 222 g/mol. The Kier molecular flexibility index (Phi) is 3.99. The first-order chi connectivity index (χ1) is 7.88. The van der Waals surface area contributed by atoms with E-state index in [0.29, 0.717) is 18.5 Å². The average Bonchev–Trinajstić information content (AvgIpc) is 2.38. The lowest BCUT2D eigenvalue weighted by Crippen LogP contribution is -2.38.